The van der Waals surface area contributed by atoms with Crippen molar-refractivity contribution in [3.05, 3.63) is 61.1 Å². The summed E-state index contributed by atoms with van der Waals surface area (Å²) < 4.78 is 14.4. The van der Waals surface area contributed by atoms with E-state index in [1.54, 1.807) is 14.0 Å². The summed E-state index contributed by atoms with van der Waals surface area (Å²) in [7, 11) is 1.57. The number of nitrogens with zero attached hydrogens (tertiary/aromatic N) is 3. The number of aromatic nitrogens is 2. The second kappa shape index (κ2) is 10.5. The van der Waals surface area contributed by atoms with Crippen LogP contribution in [0.15, 0.2) is 33.9 Å². The molecule has 2 heterocycles. The maximum absolute atomic E-state index is 13.9. The summed E-state index contributed by atoms with van der Waals surface area (Å²) in [6.45, 7) is 4.30. The molecule has 0 spiro atoms. The van der Waals surface area contributed by atoms with E-state index < -0.39 is 28.9 Å². The first-order chi connectivity index (χ1) is 17.6. The molecular formula is C27H31N3O6S. The number of hydrogen-bond acceptors (Lipinski definition) is 7. The summed E-state index contributed by atoms with van der Waals surface area (Å²) in [4.78, 5) is 40.1. The van der Waals surface area contributed by atoms with E-state index in [-0.39, 0.29) is 18.0 Å². The van der Waals surface area contributed by atoms with Crippen molar-refractivity contribution in [3.63, 3.8) is 0 Å². The lowest BCUT2D eigenvalue weighted by molar-refractivity contribution is -0.146. The number of para-hydroxylation sites is 1. The molecule has 10 heteroatoms. The van der Waals surface area contributed by atoms with Crippen LogP contribution in [0.5, 0.6) is 5.75 Å². The van der Waals surface area contributed by atoms with E-state index in [9.17, 15) is 24.8 Å². The summed E-state index contributed by atoms with van der Waals surface area (Å²) in [6.07, 6.45) is 4.46. The van der Waals surface area contributed by atoms with E-state index in [0.29, 0.717) is 21.0 Å². The molecule has 1 aromatic carbocycles. The monoisotopic (exact) mass is 525 g/mol. The molecule has 1 fully saturated rings. The number of carbonyl (C=O) groups is 1. The lowest BCUT2D eigenvalue weighted by Crippen LogP contribution is -2.52. The first-order valence-corrected chi connectivity index (χ1v) is 13.1. The number of carboxylic acids is 1. The summed E-state index contributed by atoms with van der Waals surface area (Å²) in [6, 6.07) is 9.51. The molecule has 1 aliphatic carbocycles. The van der Waals surface area contributed by atoms with E-state index in [0.717, 1.165) is 53.6 Å². The minimum absolute atomic E-state index is 0.00374. The lowest BCUT2D eigenvalue weighted by atomic mass is 9.97. The molecule has 0 aliphatic heterocycles. The number of ether oxygens (including phenoxy) is 2. The van der Waals surface area contributed by atoms with Crippen LogP contribution in [0.3, 0.4) is 0 Å². The minimum Gasteiger partial charge on any atom is -0.496 e. The molecule has 4 rings (SSSR count). The first-order valence-electron chi connectivity index (χ1n) is 12.3. The van der Waals surface area contributed by atoms with Crippen molar-refractivity contribution in [1.29, 1.82) is 5.26 Å². The molecule has 1 saturated carbocycles. The van der Waals surface area contributed by atoms with Crippen LogP contribution in [0.25, 0.3) is 10.2 Å². The Labute approximate surface area is 218 Å². The molecule has 196 valence electrons. The Balaban J connectivity index is 1.97. The van der Waals surface area contributed by atoms with Crippen molar-refractivity contribution in [2.75, 3.05) is 7.11 Å². The molecule has 3 aromatic rings. The SMILES string of the molecule is COc1ccccc1C(Cn1c(=O)n(C(C)(C)C(=O)O)c(=O)c2c(C)c(C#N)sc21)OC1CCCCC1. The van der Waals surface area contributed by atoms with Crippen molar-refractivity contribution in [1.82, 2.24) is 9.13 Å². The first kappa shape index (κ1) is 26.6. The highest BCUT2D eigenvalue weighted by atomic mass is 32.1. The molecule has 1 unspecified atom stereocenters. The second-order valence-electron chi connectivity index (χ2n) is 9.87. The Kier molecular flexibility index (Phi) is 7.57. The topological polar surface area (TPSA) is 124 Å². The number of benzene rings is 1. The van der Waals surface area contributed by atoms with Gasteiger partial charge in [0.2, 0.25) is 0 Å². The van der Waals surface area contributed by atoms with Gasteiger partial charge in [-0.15, -0.1) is 11.3 Å². The summed E-state index contributed by atoms with van der Waals surface area (Å²) in [5.74, 6) is -0.711. The van der Waals surface area contributed by atoms with Gasteiger partial charge in [0.05, 0.1) is 25.1 Å². The van der Waals surface area contributed by atoms with Crippen LogP contribution in [0.4, 0.5) is 0 Å². The third kappa shape index (κ3) is 4.81. The molecule has 0 radical (unpaired) electrons. The van der Waals surface area contributed by atoms with Gasteiger partial charge in [-0.3, -0.25) is 9.36 Å². The second-order valence-corrected chi connectivity index (χ2v) is 10.9. The van der Waals surface area contributed by atoms with E-state index in [4.69, 9.17) is 9.47 Å². The number of aliphatic carboxylic acids is 1. The molecule has 0 saturated heterocycles. The number of methoxy groups -OCH3 is 1. The molecule has 1 aliphatic rings. The minimum atomic E-state index is -1.81. The Bertz CT molecular complexity index is 1490. The standard InChI is InChI=1S/C27H31N3O6S/c1-16-21(14-28)37-24-22(16)23(31)30(27(2,3)25(32)33)26(34)29(24)15-20(36-17-10-6-5-7-11-17)18-12-8-9-13-19(18)35-4/h8-9,12-13,17,20H,5-7,10-11,15H2,1-4H3,(H,32,33). The van der Waals surface area contributed by atoms with E-state index in [1.165, 1.54) is 18.4 Å². The van der Waals surface area contributed by atoms with Gasteiger partial charge in [-0.1, -0.05) is 37.5 Å². The molecular weight excluding hydrogens is 494 g/mol. The zero-order valence-corrected chi connectivity index (χ0v) is 22.3. The molecule has 2 aromatic heterocycles. The maximum Gasteiger partial charge on any atom is 0.333 e. The van der Waals surface area contributed by atoms with Crippen LogP contribution < -0.4 is 16.0 Å². The normalized spacial score (nSPS) is 15.4. The molecule has 37 heavy (non-hydrogen) atoms. The largest absolute Gasteiger partial charge is 0.496 e. The van der Waals surface area contributed by atoms with Gasteiger partial charge in [-0.25, -0.2) is 14.2 Å². The average molecular weight is 526 g/mol. The number of fused-ring (bicyclic) bond motifs is 1. The van der Waals surface area contributed by atoms with Gasteiger partial charge >= 0.3 is 11.7 Å². The predicted octanol–water partition coefficient (Wildman–Crippen LogP) is 4.32. The van der Waals surface area contributed by atoms with Crippen LogP contribution in [0.2, 0.25) is 0 Å². The van der Waals surface area contributed by atoms with Gasteiger partial charge in [0.1, 0.15) is 33.2 Å². The highest BCUT2D eigenvalue weighted by Crippen LogP contribution is 2.35. The number of rotatable bonds is 8. The van der Waals surface area contributed by atoms with Gasteiger partial charge < -0.3 is 14.6 Å². The van der Waals surface area contributed by atoms with E-state index in [2.05, 4.69) is 6.07 Å². The fourth-order valence-corrected chi connectivity index (χ4v) is 6.05. The number of nitriles is 1. The molecule has 1 N–H and O–H groups in total. The summed E-state index contributed by atoms with van der Waals surface area (Å²) in [5, 5.41) is 19.7. The Hall–Kier alpha value is -3.42. The molecule has 1 atom stereocenters. The van der Waals surface area contributed by atoms with Crippen LogP contribution in [0, 0.1) is 18.3 Å². The molecule has 9 nitrogen and oxygen atoms in total. The highest BCUT2D eigenvalue weighted by Gasteiger charge is 2.36. The van der Waals surface area contributed by atoms with Gasteiger partial charge in [-0.05, 0) is 45.2 Å². The zero-order valence-electron chi connectivity index (χ0n) is 21.4. The fourth-order valence-electron chi connectivity index (χ4n) is 4.95. The van der Waals surface area contributed by atoms with Crippen molar-refractivity contribution < 1.29 is 19.4 Å². The smallest absolute Gasteiger partial charge is 0.333 e. The summed E-state index contributed by atoms with van der Waals surface area (Å²) >= 11 is 1.05. The third-order valence-electron chi connectivity index (χ3n) is 7.14. The van der Waals surface area contributed by atoms with Crippen LogP contribution in [0.1, 0.15) is 68.1 Å². The van der Waals surface area contributed by atoms with Gasteiger partial charge in [0.25, 0.3) is 5.56 Å². The maximum atomic E-state index is 13.9. The Morgan fingerprint density at radius 2 is 1.92 bits per heavy atom. The van der Waals surface area contributed by atoms with E-state index >= 15 is 0 Å². The Morgan fingerprint density at radius 3 is 2.54 bits per heavy atom. The molecule has 0 bridgehead atoms. The summed E-state index contributed by atoms with van der Waals surface area (Å²) in [5.41, 5.74) is -2.11. The average Bonchev–Trinajstić information content (AvgIpc) is 3.22. The van der Waals surface area contributed by atoms with Gasteiger partial charge in [-0.2, -0.15) is 5.26 Å². The van der Waals surface area contributed by atoms with Crippen molar-refractivity contribution in [2.45, 2.75) is 77.2 Å². The Morgan fingerprint density at radius 1 is 1.24 bits per heavy atom. The number of thiophene rings is 1. The lowest BCUT2D eigenvalue weighted by Gasteiger charge is -2.30. The predicted molar refractivity (Wildman–Crippen MR) is 140 cm³/mol. The van der Waals surface area contributed by atoms with Crippen molar-refractivity contribution in [3.8, 4) is 11.8 Å². The van der Waals surface area contributed by atoms with E-state index in [1.807, 2.05) is 24.3 Å². The zero-order chi connectivity index (χ0) is 26.9. The number of aryl methyl sites for hydroxylation is 1. The van der Waals surface area contributed by atoms with Gasteiger partial charge in [0.15, 0.2) is 0 Å². The fraction of sp³-hybridized carbons (Fsp3) is 0.481. The van der Waals surface area contributed by atoms with Crippen LogP contribution >= 0.6 is 11.3 Å². The molecule has 0 amide bonds. The quantitative estimate of drug-likeness (QED) is 0.464. The highest BCUT2D eigenvalue weighted by molar-refractivity contribution is 7.19. The van der Waals surface area contributed by atoms with Crippen molar-refractivity contribution >= 4 is 27.5 Å². The number of hydrogen-bond donors (Lipinski definition) is 1. The third-order valence-corrected chi connectivity index (χ3v) is 8.36. The van der Waals surface area contributed by atoms with Crippen LogP contribution in [-0.4, -0.2) is 33.4 Å². The van der Waals surface area contributed by atoms with Crippen LogP contribution in [-0.2, 0) is 21.6 Å². The number of carboxylic acid groups (broad SMARTS) is 1. The van der Waals surface area contributed by atoms with Crippen molar-refractivity contribution in [2.24, 2.45) is 0 Å². The van der Waals surface area contributed by atoms with Gasteiger partial charge in [0, 0.05) is 5.56 Å².